The fourth-order valence-corrected chi connectivity index (χ4v) is 3.68. The van der Waals surface area contributed by atoms with Crippen molar-refractivity contribution >= 4 is 33.3 Å². The van der Waals surface area contributed by atoms with E-state index in [1.165, 1.54) is 35.9 Å². The molecule has 2 saturated carbocycles. The lowest BCUT2D eigenvalue weighted by Gasteiger charge is -2.24. The number of aromatic nitrogens is 2. The minimum atomic E-state index is 0.524. The van der Waals surface area contributed by atoms with Crippen molar-refractivity contribution in [2.24, 2.45) is 17.7 Å². The lowest BCUT2D eigenvalue weighted by Crippen LogP contribution is -2.29. The molecule has 0 aromatic carbocycles. The molecule has 112 valence electrons. The second kappa shape index (κ2) is 5.10. The Hall–Kier alpha value is -1.40. The first-order valence-corrected chi connectivity index (χ1v) is 8.54. The fraction of sp³-hybridized carbons (Fsp3) is 0.600. The van der Waals surface area contributed by atoms with Crippen LogP contribution < -0.4 is 16.2 Å². The van der Waals surface area contributed by atoms with Gasteiger partial charge in [-0.05, 0) is 50.5 Å². The number of nitrogens with one attached hydrogen (secondary N) is 1. The van der Waals surface area contributed by atoms with Gasteiger partial charge in [-0.25, -0.2) is 10.8 Å². The van der Waals surface area contributed by atoms with Crippen molar-refractivity contribution in [3.63, 3.8) is 0 Å². The van der Waals surface area contributed by atoms with Gasteiger partial charge >= 0.3 is 0 Å². The van der Waals surface area contributed by atoms with Crippen molar-refractivity contribution in [3.8, 4) is 0 Å². The SMILES string of the molecule is Cc1cc2c(N(CC3CC3)CC3CC3)nc(NN)nc2s1. The average Bonchev–Trinajstić information content (AvgIpc) is 3.37. The van der Waals surface area contributed by atoms with Crippen LogP contribution in [0, 0.1) is 18.8 Å². The molecule has 0 saturated heterocycles. The second-order valence-corrected chi connectivity index (χ2v) is 7.62. The van der Waals surface area contributed by atoms with E-state index in [0.717, 1.165) is 35.6 Å². The number of nitrogens with two attached hydrogens (primary N) is 1. The molecule has 0 unspecified atom stereocenters. The van der Waals surface area contributed by atoms with Gasteiger partial charge in [0, 0.05) is 18.0 Å². The van der Waals surface area contributed by atoms with Crippen LogP contribution in [0.25, 0.3) is 10.2 Å². The van der Waals surface area contributed by atoms with Gasteiger partial charge in [0.25, 0.3) is 0 Å². The van der Waals surface area contributed by atoms with E-state index in [-0.39, 0.29) is 0 Å². The van der Waals surface area contributed by atoms with Gasteiger partial charge in [-0.2, -0.15) is 4.98 Å². The largest absolute Gasteiger partial charge is 0.355 e. The molecule has 21 heavy (non-hydrogen) atoms. The third-order valence-corrected chi connectivity index (χ3v) is 5.22. The van der Waals surface area contributed by atoms with E-state index >= 15 is 0 Å². The number of fused-ring (bicyclic) bond motifs is 1. The molecule has 0 bridgehead atoms. The molecule has 0 aliphatic heterocycles. The maximum atomic E-state index is 5.55. The van der Waals surface area contributed by atoms with Crippen LogP contribution in [0.2, 0.25) is 0 Å². The van der Waals surface area contributed by atoms with Crippen molar-refractivity contribution in [2.75, 3.05) is 23.4 Å². The van der Waals surface area contributed by atoms with Crippen molar-refractivity contribution < 1.29 is 0 Å². The summed E-state index contributed by atoms with van der Waals surface area (Å²) in [5, 5.41) is 1.18. The van der Waals surface area contributed by atoms with Crippen LogP contribution in [0.4, 0.5) is 11.8 Å². The third kappa shape index (κ3) is 2.82. The van der Waals surface area contributed by atoms with E-state index in [1.54, 1.807) is 11.3 Å². The molecule has 2 aromatic heterocycles. The first kappa shape index (κ1) is 13.3. The molecule has 2 aliphatic rings. The van der Waals surface area contributed by atoms with Crippen molar-refractivity contribution in [1.82, 2.24) is 9.97 Å². The zero-order chi connectivity index (χ0) is 14.4. The van der Waals surface area contributed by atoms with Crippen LogP contribution >= 0.6 is 11.3 Å². The van der Waals surface area contributed by atoms with E-state index < -0.39 is 0 Å². The highest BCUT2D eigenvalue weighted by atomic mass is 32.1. The lowest BCUT2D eigenvalue weighted by atomic mass is 10.2. The van der Waals surface area contributed by atoms with Gasteiger partial charge in [-0.3, -0.25) is 5.43 Å². The van der Waals surface area contributed by atoms with Crippen LogP contribution in [-0.4, -0.2) is 23.1 Å². The summed E-state index contributed by atoms with van der Waals surface area (Å²) in [7, 11) is 0. The predicted octanol–water partition coefficient (Wildman–Crippen LogP) is 2.91. The standard InChI is InChI=1S/C15H21N5S/c1-9-6-12-13(17-15(19-16)18-14(12)21-9)20(7-10-2-3-10)8-11-4-5-11/h6,10-11H,2-5,7-8,16H2,1H3,(H,17,18,19). The first-order valence-electron chi connectivity index (χ1n) is 7.72. The van der Waals surface area contributed by atoms with Crippen molar-refractivity contribution in [1.29, 1.82) is 0 Å². The second-order valence-electron chi connectivity index (χ2n) is 6.38. The smallest absolute Gasteiger partial charge is 0.240 e. The number of aryl methyl sites for hydroxylation is 1. The van der Waals surface area contributed by atoms with Crippen LogP contribution in [-0.2, 0) is 0 Å². The number of anilines is 2. The number of hydrogen-bond acceptors (Lipinski definition) is 6. The van der Waals surface area contributed by atoms with Gasteiger partial charge in [0.1, 0.15) is 10.6 Å². The number of rotatable bonds is 6. The Morgan fingerprint density at radius 1 is 1.24 bits per heavy atom. The summed E-state index contributed by atoms with van der Waals surface area (Å²) in [6.45, 7) is 4.38. The highest BCUT2D eigenvalue weighted by molar-refractivity contribution is 7.18. The summed E-state index contributed by atoms with van der Waals surface area (Å²) < 4.78 is 0. The van der Waals surface area contributed by atoms with Gasteiger partial charge in [0.2, 0.25) is 5.95 Å². The molecule has 4 rings (SSSR count). The maximum Gasteiger partial charge on any atom is 0.240 e. The molecule has 6 heteroatoms. The van der Waals surface area contributed by atoms with Crippen molar-refractivity contribution in [2.45, 2.75) is 32.6 Å². The van der Waals surface area contributed by atoms with Crippen LogP contribution in [0.5, 0.6) is 0 Å². The van der Waals surface area contributed by atoms with E-state index in [4.69, 9.17) is 5.84 Å². The Morgan fingerprint density at radius 3 is 2.48 bits per heavy atom. The van der Waals surface area contributed by atoms with Crippen LogP contribution in [0.15, 0.2) is 6.07 Å². The van der Waals surface area contributed by atoms with Gasteiger partial charge in [-0.15, -0.1) is 11.3 Å². The monoisotopic (exact) mass is 303 g/mol. The highest BCUT2D eigenvalue weighted by Crippen LogP contribution is 2.38. The number of nitrogens with zero attached hydrogens (tertiary/aromatic N) is 3. The number of hydrazine groups is 1. The molecule has 2 fully saturated rings. The predicted molar refractivity (Wildman–Crippen MR) is 87.6 cm³/mol. The molecule has 0 atom stereocenters. The van der Waals surface area contributed by atoms with Gasteiger partial charge < -0.3 is 4.90 Å². The van der Waals surface area contributed by atoms with E-state index in [1.807, 2.05) is 0 Å². The van der Waals surface area contributed by atoms with E-state index in [2.05, 4.69) is 33.3 Å². The topological polar surface area (TPSA) is 67.1 Å². The van der Waals surface area contributed by atoms with E-state index in [0.29, 0.717) is 5.95 Å². The average molecular weight is 303 g/mol. The molecule has 5 nitrogen and oxygen atoms in total. The summed E-state index contributed by atoms with van der Waals surface area (Å²) in [6.07, 6.45) is 5.44. The Kier molecular flexibility index (Phi) is 3.23. The normalized spacial score (nSPS) is 18.2. The molecule has 3 N–H and O–H groups in total. The van der Waals surface area contributed by atoms with Crippen molar-refractivity contribution in [3.05, 3.63) is 10.9 Å². The molecular formula is C15H21N5S. The minimum absolute atomic E-state index is 0.524. The summed E-state index contributed by atoms with van der Waals surface area (Å²) in [6, 6.07) is 2.21. The quantitative estimate of drug-likeness (QED) is 0.634. The Balaban J connectivity index is 1.76. The summed E-state index contributed by atoms with van der Waals surface area (Å²) in [5.41, 5.74) is 2.62. The summed E-state index contributed by atoms with van der Waals surface area (Å²) >= 11 is 1.71. The number of nitrogen functional groups attached to an aromatic ring is 1. The summed E-state index contributed by atoms with van der Waals surface area (Å²) in [5.74, 6) is 8.84. The molecule has 2 aliphatic carbocycles. The Morgan fingerprint density at radius 2 is 1.90 bits per heavy atom. The minimum Gasteiger partial charge on any atom is -0.355 e. The van der Waals surface area contributed by atoms with Gasteiger partial charge in [0.05, 0.1) is 5.39 Å². The lowest BCUT2D eigenvalue weighted by molar-refractivity contribution is 0.673. The third-order valence-electron chi connectivity index (χ3n) is 4.28. The Labute approximate surface area is 128 Å². The molecule has 0 amide bonds. The molecule has 0 radical (unpaired) electrons. The number of thiophene rings is 1. The zero-order valence-corrected chi connectivity index (χ0v) is 13.1. The first-order chi connectivity index (χ1) is 10.2. The van der Waals surface area contributed by atoms with E-state index in [9.17, 15) is 0 Å². The Bertz CT molecular complexity index is 645. The summed E-state index contributed by atoms with van der Waals surface area (Å²) in [4.78, 5) is 14.0. The van der Waals surface area contributed by atoms with Gasteiger partial charge in [0.15, 0.2) is 0 Å². The molecule has 0 spiro atoms. The maximum absolute atomic E-state index is 5.55. The number of hydrogen-bond donors (Lipinski definition) is 2. The molecular weight excluding hydrogens is 282 g/mol. The molecule has 2 heterocycles. The highest BCUT2D eigenvalue weighted by Gasteiger charge is 2.31. The zero-order valence-electron chi connectivity index (χ0n) is 12.3. The van der Waals surface area contributed by atoms with Crippen LogP contribution in [0.3, 0.4) is 0 Å². The fourth-order valence-electron chi connectivity index (χ4n) is 2.80. The van der Waals surface area contributed by atoms with Gasteiger partial charge in [-0.1, -0.05) is 0 Å². The van der Waals surface area contributed by atoms with Crippen LogP contribution in [0.1, 0.15) is 30.6 Å². The molecule has 2 aromatic rings.